The van der Waals surface area contributed by atoms with Gasteiger partial charge in [-0.1, -0.05) is 25.2 Å². The van der Waals surface area contributed by atoms with Crippen LogP contribution >= 0.6 is 0 Å². The number of allylic oxidation sites excluding steroid dienone is 4. The first kappa shape index (κ1) is 16.6. The summed E-state index contributed by atoms with van der Waals surface area (Å²) >= 11 is 0. The summed E-state index contributed by atoms with van der Waals surface area (Å²) in [7, 11) is 0. The molecule has 0 aromatic rings. The quantitative estimate of drug-likeness (QED) is 0.628. The molecule has 0 saturated carbocycles. The van der Waals surface area contributed by atoms with E-state index in [9.17, 15) is 9.18 Å². The molecule has 0 unspecified atom stereocenters. The van der Waals surface area contributed by atoms with Crippen LogP contribution in [0.4, 0.5) is 4.39 Å². The Morgan fingerprint density at radius 2 is 1.78 bits per heavy atom. The Kier molecular flexibility index (Phi) is 8.01. The predicted molar refractivity (Wildman–Crippen MR) is 74.9 cm³/mol. The highest BCUT2D eigenvalue weighted by atomic mass is 19.1. The molecular formula is C15H24FNO. The minimum atomic E-state index is -0.453. The smallest absolute Gasteiger partial charge is 0.226 e. The number of halogens is 1. The zero-order valence-electron chi connectivity index (χ0n) is 11.9. The first-order valence-corrected chi connectivity index (χ1v) is 6.44. The van der Waals surface area contributed by atoms with Gasteiger partial charge in [0.1, 0.15) is 5.83 Å². The van der Waals surface area contributed by atoms with Crippen LogP contribution in [0.15, 0.2) is 35.7 Å². The van der Waals surface area contributed by atoms with Crippen LogP contribution in [0.3, 0.4) is 0 Å². The Morgan fingerprint density at radius 1 is 1.22 bits per heavy atom. The van der Waals surface area contributed by atoms with Gasteiger partial charge in [-0.2, -0.15) is 0 Å². The lowest BCUT2D eigenvalue weighted by Gasteiger charge is -2.18. The van der Waals surface area contributed by atoms with E-state index in [0.29, 0.717) is 6.42 Å². The van der Waals surface area contributed by atoms with Crippen molar-refractivity contribution in [1.29, 1.82) is 0 Å². The number of rotatable bonds is 7. The number of amides is 1. The maximum Gasteiger partial charge on any atom is 0.226 e. The zero-order valence-corrected chi connectivity index (χ0v) is 11.9. The average molecular weight is 253 g/mol. The largest absolute Gasteiger partial charge is 0.343 e. The average Bonchev–Trinajstić information content (AvgIpc) is 2.28. The highest BCUT2D eigenvalue weighted by molar-refractivity contribution is 5.78. The first-order chi connectivity index (χ1) is 8.44. The molecule has 0 aliphatic carbocycles. The molecule has 0 fully saturated rings. The topological polar surface area (TPSA) is 20.3 Å². The third-order valence-electron chi connectivity index (χ3n) is 2.73. The van der Waals surface area contributed by atoms with Crippen LogP contribution in [-0.4, -0.2) is 23.9 Å². The summed E-state index contributed by atoms with van der Waals surface area (Å²) in [6, 6.07) is 0. The van der Waals surface area contributed by atoms with Crippen molar-refractivity contribution in [2.75, 3.05) is 13.1 Å². The van der Waals surface area contributed by atoms with Crippen LogP contribution < -0.4 is 0 Å². The molecule has 102 valence electrons. The van der Waals surface area contributed by atoms with E-state index in [1.165, 1.54) is 6.08 Å². The van der Waals surface area contributed by atoms with E-state index in [2.05, 4.69) is 6.58 Å². The van der Waals surface area contributed by atoms with E-state index in [4.69, 9.17) is 0 Å². The van der Waals surface area contributed by atoms with Gasteiger partial charge in [-0.25, -0.2) is 4.39 Å². The maximum atomic E-state index is 12.7. The van der Waals surface area contributed by atoms with Gasteiger partial charge in [0.05, 0.1) is 0 Å². The van der Waals surface area contributed by atoms with Crippen molar-refractivity contribution < 1.29 is 9.18 Å². The summed E-state index contributed by atoms with van der Waals surface area (Å²) < 4.78 is 12.7. The molecule has 0 rings (SSSR count). The predicted octanol–water partition coefficient (Wildman–Crippen LogP) is 4.01. The van der Waals surface area contributed by atoms with Crippen LogP contribution in [0.5, 0.6) is 0 Å². The number of nitrogens with zero attached hydrogens (tertiary/aromatic N) is 1. The lowest BCUT2D eigenvalue weighted by molar-refractivity contribution is -0.130. The van der Waals surface area contributed by atoms with Gasteiger partial charge >= 0.3 is 0 Å². The van der Waals surface area contributed by atoms with Crippen LogP contribution in [-0.2, 0) is 4.79 Å². The fourth-order valence-corrected chi connectivity index (χ4v) is 1.74. The SMILES string of the molecule is C=C(F)/C=C(\C=C(/C)CC(=O)N(CC)CC)CC. The number of hydrogen-bond donors (Lipinski definition) is 0. The van der Waals surface area contributed by atoms with Crippen LogP contribution in [0, 0.1) is 0 Å². The third-order valence-corrected chi connectivity index (χ3v) is 2.73. The van der Waals surface area contributed by atoms with Gasteiger partial charge in [0, 0.05) is 19.5 Å². The van der Waals surface area contributed by atoms with Gasteiger partial charge in [0.25, 0.3) is 0 Å². The van der Waals surface area contributed by atoms with Crippen LogP contribution in [0.25, 0.3) is 0 Å². The van der Waals surface area contributed by atoms with Crippen LogP contribution in [0.2, 0.25) is 0 Å². The van der Waals surface area contributed by atoms with Crippen molar-refractivity contribution in [2.45, 2.75) is 40.5 Å². The molecular weight excluding hydrogens is 229 g/mol. The molecule has 0 bridgehead atoms. The van der Waals surface area contributed by atoms with Crippen molar-refractivity contribution in [3.8, 4) is 0 Å². The molecule has 0 spiro atoms. The molecule has 2 nitrogen and oxygen atoms in total. The molecule has 0 aliphatic rings. The second-order valence-corrected chi connectivity index (χ2v) is 4.25. The molecule has 0 saturated heterocycles. The standard InChI is InChI=1S/C15H24FNO/c1-6-14(11-13(5)16)9-12(4)10-15(18)17(7-2)8-3/h9,11H,5-8,10H2,1-4H3/b12-9+,14-11-. The fraction of sp³-hybridized carbons (Fsp3) is 0.533. The molecule has 1 amide bonds. The summed E-state index contributed by atoms with van der Waals surface area (Å²) in [5.41, 5.74) is 1.80. The summed E-state index contributed by atoms with van der Waals surface area (Å²) in [5.74, 6) is -0.339. The highest BCUT2D eigenvalue weighted by Crippen LogP contribution is 2.13. The van der Waals surface area contributed by atoms with E-state index in [-0.39, 0.29) is 5.91 Å². The summed E-state index contributed by atoms with van der Waals surface area (Å²) in [6.45, 7) is 12.4. The van der Waals surface area contributed by atoms with Crippen molar-refractivity contribution in [3.05, 3.63) is 35.7 Å². The van der Waals surface area contributed by atoms with Crippen molar-refractivity contribution >= 4 is 5.91 Å². The Hall–Kier alpha value is -1.38. The van der Waals surface area contributed by atoms with Crippen molar-refractivity contribution in [1.82, 2.24) is 4.90 Å². The molecule has 18 heavy (non-hydrogen) atoms. The van der Waals surface area contributed by atoms with E-state index in [1.807, 2.05) is 33.8 Å². The maximum absolute atomic E-state index is 12.7. The summed E-state index contributed by atoms with van der Waals surface area (Å²) in [6.07, 6.45) is 4.38. The van der Waals surface area contributed by atoms with Gasteiger partial charge < -0.3 is 4.90 Å². The molecule has 0 N–H and O–H groups in total. The van der Waals surface area contributed by atoms with Gasteiger partial charge in [-0.3, -0.25) is 4.79 Å². The lowest BCUT2D eigenvalue weighted by atomic mass is 10.1. The minimum Gasteiger partial charge on any atom is -0.343 e. The summed E-state index contributed by atoms with van der Waals surface area (Å²) in [4.78, 5) is 13.7. The van der Waals surface area contributed by atoms with Gasteiger partial charge in [0.2, 0.25) is 5.91 Å². The second-order valence-electron chi connectivity index (χ2n) is 4.25. The van der Waals surface area contributed by atoms with E-state index in [0.717, 1.165) is 30.7 Å². The van der Waals surface area contributed by atoms with E-state index >= 15 is 0 Å². The van der Waals surface area contributed by atoms with Crippen LogP contribution in [0.1, 0.15) is 40.5 Å². The Balaban J connectivity index is 4.69. The molecule has 0 aromatic carbocycles. The number of carbonyl (C=O) groups is 1. The van der Waals surface area contributed by atoms with Gasteiger partial charge in [-0.15, -0.1) is 0 Å². The monoisotopic (exact) mass is 253 g/mol. The lowest BCUT2D eigenvalue weighted by Crippen LogP contribution is -2.30. The fourth-order valence-electron chi connectivity index (χ4n) is 1.74. The molecule has 0 atom stereocenters. The molecule has 0 aromatic heterocycles. The number of carbonyl (C=O) groups excluding carboxylic acids is 1. The highest BCUT2D eigenvalue weighted by Gasteiger charge is 2.09. The minimum absolute atomic E-state index is 0.114. The molecule has 0 aliphatic heterocycles. The van der Waals surface area contributed by atoms with Gasteiger partial charge in [0.15, 0.2) is 0 Å². The molecule has 0 radical (unpaired) electrons. The Bertz CT molecular complexity index is 352. The molecule has 3 heteroatoms. The van der Waals surface area contributed by atoms with E-state index < -0.39 is 5.83 Å². The first-order valence-electron chi connectivity index (χ1n) is 6.44. The van der Waals surface area contributed by atoms with E-state index in [1.54, 1.807) is 4.90 Å². The Labute approximate surface area is 110 Å². The third kappa shape index (κ3) is 6.38. The summed E-state index contributed by atoms with van der Waals surface area (Å²) in [5, 5.41) is 0. The zero-order chi connectivity index (χ0) is 14.1. The molecule has 0 heterocycles. The normalized spacial score (nSPS) is 12.5. The second kappa shape index (κ2) is 8.67. The Morgan fingerprint density at radius 3 is 2.17 bits per heavy atom. The van der Waals surface area contributed by atoms with Crippen molar-refractivity contribution in [2.24, 2.45) is 0 Å². The van der Waals surface area contributed by atoms with Crippen molar-refractivity contribution in [3.63, 3.8) is 0 Å². The van der Waals surface area contributed by atoms with Gasteiger partial charge in [-0.05, 0) is 38.8 Å². The number of hydrogen-bond acceptors (Lipinski definition) is 1.